The maximum atomic E-state index is 12.1. The largest absolute Gasteiger partial charge is 0.392 e. The lowest BCUT2D eigenvalue weighted by Crippen LogP contribution is -2.38. The van der Waals surface area contributed by atoms with Gasteiger partial charge in [0, 0.05) is 12.2 Å². The molecule has 0 saturated carbocycles. The summed E-state index contributed by atoms with van der Waals surface area (Å²) in [5, 5.41) is 8.90. The Morgan fingerprint density at radius 2 is 1.95 bits per heavy atom. The quantitative estimate of drug-likeness (QED) is 0.799. The number of hydrogen-bond acceptors (Lipinski definition) is 4. The van der Waals surface area contributed by atoms with E-state index >= 15 is 0 Å². The molecule has 0 aromatic carbocycles. The molecule has 0 amide bonds. The second-order valence-corrected chi connectivity index (χ2v) is 6.31. The number of rotatable bonds is 7. The third kappa shape index (κ3) is 4.26. The van der Waals surface area contributed by atoms with Crippen LogP contribution < -0.4 is 4.72 Å². The molecule has 6 heteroatoms. The van der Waals surface area contributed by atoms with Crippen LogP contribution in [0.4, 0.5) is 0 Å². The molecule has 0 aliphatic carbocycles. The van der Waals surface area contributed by atoms with Gasteiger partial charge in [0.2, 0.25) is 0 Å². The van der Waals surface area contributed by atoms with Gasteiger partial charge >= 0.3 is 0 Å². The lowest BCUT2D eigenvalue weighted by Gasteiger charge is -2.22. The number of sulfonamides is 1. The third-order valence-corrected chi connectivity index (χ3v) is 4.83. The molecular weight excluding hydrogens is 264 g/mol. The topological polar surface area (TPSA) is 79.3 Å². The van der Waals surface area contributed by atoms with Gasteiger partial charge in [-0.2, -0.15) is 0 Å². The van der Waals surface area contributed by atoms with Crippen LogP contribution in [-0.4, -0.2) is 24.6 Å². The Labute approximate surface area is 115 Å². The first-order valence-corrected chi connectivity index (χ1v) is 8.01. The molecule has 0 aliphatic rings. The summed E-state index contributed by atoms with van der Waals surface area (Å²) in [5.41, 5.74) is 0.590. The average molecular weight is 286 g/mol. The lowest BCUT2D eigenvalue weighted by molar-refractivity contribution is 0.281. The van der Waals surface area contributed by atoms with Gasteiger partial charge in [-0.25, -0.2) is 18.1 Å². The fraction of sp³-hybridized carbons (Fsp3) is 0.615. The summed E-state index contributed by atoms with van der Waals surface area (Å²) in [5.74, 6) is 0.312. The Morgan fingerprint density at radius 3 is 2.37 bits per heavy atom. The van der Waals surface area contributed by atoms with E-state index in [-0.39, 0.29) is 17.7 Å². The van der Waals surface area contributed by atoms with Gasteiger partial charge in [0.25, 0.3) is 10.0 Å². The van der Waals surface area contributed by atoms with E-state index in [9.17, 15) is 8.42 Å². The minimum absolute atomic E-state index is 0.0116. The first-order valence-electron chi connectivity index (χ1n) is 6.52. The van der Waals surface area contributed by atoms with E-state index in [2.05, 4.69) is 9.71 Å². The smallest absolute Gasteiger partial charge is 0.258 e. The molecule has 1 aromatic rings. The molecular formula is C13H22N2O3S. The second-order valence-electron chi connectivity index (χ2n) is 4.65. The van der Waals surface area contributed by atoms with E-state index in [0.717, 1.165) is 12.8 Å². The number of aliphatic hydroxyl groups is 1. The predicted octanol–water partition coefficient (Wildman–Crippen LogP) is 1.68. The highest BCUT2D eigenvalue weighted by Crippen LogP contribution is 2.15. The van der Waals surface area contributed by atoms with Crippen molar-refractivity contribution in [3.8, 4) is 0 Å². The van der Waals surface area contributed by atoms with Crippen LogP contribution in [0.3, 0.4) is 0 Å². The fourth-order valence-electron chi connectivity index (χ4n) is 2.06. The van der Waals surface area contributed by atoms with Crippen LogP contribution >= 0.6 is 0 Å². The average Bonchev–Trinajstić information content (AvgIpc) is 2.39. The molecule has 0 fully saturated rings. The minimum atomic E-state index is -3.59. The molecule has 1 rings (SSSR count). The van der Waals surface area contributed by atoms with Gasteiger partial charge in [0.05, 0.1) is 6.61 Å². The van der Waals surface area contributed by atoms with Crippen LogP contribution in [0.2, 0.25) is 0 Å². The van der Waals surface area contributed by atoms with Gasteiger partial charge in [0.1, 0.15) is 0 Å². The van der Waals surface area contributed by atoms with Crippen LogP contribution in [0.5, 0.6) is 0 Å². The predicted molar refractivity (Wildman–Crippen MR) is 74.0 cm³/mol. The number of hydrogen-bond donors (Lipinski definition) is 2. The molecule has 1 atom stereocenters. The zero-order valence-electron chi connectivity index (χ0n) is 11.6. The van der Waals surface area contributed by atoms with Crippen molar-refractivity contribution in [2.24, 2.45) is 5.92 Å². The Morgan fingerprint density at radius 1 is 1.32 bits per heavy atom. The third-order valence-electron chi connectivity index (χ3n) is 3.35. The van der Waals surface area contributed by atoms with Gasteiger partial charge in [-0.05, 0) is 24.5 Å². The molecule has 0 aliphatic heterocycles. The van der Waals surface area contributed by atoms with Crippen molar-refractivity contribution in [1.29, 1.82) is 0 Å². The minimum Gasteiger partial charge on any atom is -0.392 e. The van der Waals surface area contributed by atoms with Crippen molar-refractivity contribution in [2.75, 3.05) is 0 Å². The summed E-state index contributed by atoms with van der Waals surface area (Å²) in [7, 11) is -3.59. The molecule has 108 valence electrons. The van der Waals surface area contributed by atoms with Gasteiger partial charge in [-0.15, -0.1) is 0 Å². The van der Waals surface area contributed by atoms with Crippen molar-refractivity contribution in [3.05, 3.63) is 23.9 Å². The normalized spacial score (nSPS) is 13.7. The highest BCUT2D eigenvalue weighted by Gasteiger charge is 2.22. The van der Waals surface area contributed by atoms with Crippen molar-refractivity contribution < 1.29 is 13.5 Å². The van der Waals surface area contributed by atoms with Crippen LogP contribution in [0.1, 0.15) is 39.2 Å². The van der Waals surface area contributed by atoms with Gasteiger partial charge in [-0.1, -0.05) is 32.8 Å². The Kier molecular flexibility index (Phi) is 5.90. The van der Waals surface area contributed by atoms with E-state index in [0.29, 0.717) is 11.5 Å². The number of nitrogens with one attached hydrogen (secondary N) is 1. The maximum absolute atomic E-state index is 12.1. The maximum Gasteiger partial charge on any atom is 0.258 e. The SMILES string of the molecule is CCC(CC)C(C)NS(=O)(=O)c1ccc(CO)cn1. The van der Waals surface area contributed by atoms with Crippen LogP contribution in [0.25, 0.3) is 0 Å². The van der Waals surface area contributed by atoms with E-state index in [1.807, 2.05) is 20.8 Å². The zero-order chi connectivity index (χ0) is 14.5. The molecule has 0 bridgehead atoms. The Balaban J connectivity index is 2.85. The van der Waals surface area contributed by atoms with Crippen molar-refractivity contribution >= 4 is 10.0 Å². The highest BCUT2D eigenvalue weighted by molar-refractivity contribution is 7.89. The van der Waals surface area contributed by atoms with Gasteiger partial charge in [0.15, 0.2) is 5.03 Å². The lowest BCUT2D eigenvalue weighted by atomic mass is 9.96. The molecule has 19 heavy (non-hydrogen) atoms. The summed E-state index contributed by atoms with van der Waals surface area (Å²) in [6.45, 7) is 5.82. The monoisotopic (exact) mass is 286 g/mol. The summed E-state index contributed by atoms with van der Waals surface area (Å²) in [6.07, 6.45) is 3.23. The standard InChI is InChI=1S/C13H22N2O3S/c1-4-12(5-2)10(3)15-19(17,18)13-7-6-11(9-16)8-14-13/h6-8,10,12,15-16H,4-5,9H2,1-3H3. The molecule has 0 radical (unpaired) electrons. The molecule has 1 unspecified atom stereocenters. The number of pyridine rings is 1. The first kappa shape index (κ1) is 16.1. The Hall–Kier alpha value is -0.980. The van der Waals surface area contributed by atoms with Gasteiger partial charge in [-0.3, -0.25) is 0 Å². The Bertz CT molecular complexity index is 481. The molecule has 1 heterocycles. The van der Waals surface area contributed by atoms with E-state index in [1.54, 1.807) is 6.07 Å². The van der Waals surface area contributed by atoms with Crippen LogP contribution in [0.15, 0.2) is 23.4 Å². The summed E-state index contributed by atoms with van der Waals surface area (Å²) in [4.78, 5) is 3.87. The molecule has 2 N–H and O–H groups in total. The van der Waals surface area contributed by atoms with E-state index in [1.165, 1.54) is 12.3 Å². The highest BCUT2D eigenvalue weighted by atomic mass is 32.2. The van der Waals surface area contributed by atoms with Crippen molar-refractivity contribution in [1.82, 2.24) is 9.71 Å². The van der Waals surface area contributed by atoms with E-state index < -0.39 is 10.0 Å². The van der Waals surface area contributed by atoms with Gasteiger partial charge < -0.3 is 5.11 Å². The molecule has 5 nitrogen and oxygen atoms in total. The summed E-state index contributed by atoms with van der Waals surface area (Å²) < 4.78 is 26.9. The van der Waals surface area contributed by atoms with Crippen LogP contribution in [-0.2, 0) is 16.6 Å². The number of nitrogens with zero attached hydrogens (tertiary/aromatic N) is 1. The summed E-state index contributed by atoms with van der Waals surface area (Å²) in [6, 6.07) is 2.84. The van der Waals surface area contributed by atoms with Crippen molar-refractivity contribution in [3.63, 3.8) is 0 Å². The first-order chi connectivity index (χ1) is 8.94. The molecule has 0 spiro atoms. The summed E-state index contributed by atoms with van der Waals surface area (Å²) >= 11 is 0. The molecule has 0 saturated heterocycles. The fourth-order valence-corrected chi connectivity index (χ4v) is 3.30. The number of aromatic nitrogens is 1. The second kappa shape index (κ2) is 6.98. The van der Waals surface area contributed by atoms with Crippen molar-refractivity contribution in [2.45, 2.75) is 51.3 Å². The zero-order valence-corrected chi connectivity index (χ0v) is 12.4. The molecule has 1 aromatic heterocycles. The van der Waals surface area contributed by atoms with Crippen LogP contribution in [0, 0.1) is 5.92 Å². The number of aliphatic hydroxyl groups excluding tert-OH is 1. The van der Waals surface area contributed by atoms with E-state index in [4.69, 9.17) is 5.11 Å².